The van der Waals surface area contributed by atoms with Crippen molar-refractivity contribution in [1.29, 1.82) is 0 Å². The van der Waals surface area contributed by atoms with Gasteiger partial charge in [-0.2, -0.15) is 0 Å². The van der Waals surface area contributed by atoms with Crippen molar-refractivity contribution in [2.75, 3.05) is 13.6 Å². The molecule has 4 N–H and O–H groups in total. The minimum absolute atomic E-state index is 0.0165. The van der Waals surface area contributed by atoms with Gasteiger partial charge in [0.2, 0.25) is 5.91 Å². The van der Waals surface area contributed by atoms with Crippen LogP contribution in [0, 0.1) is 0 Å². The van der Waals surface area contributed by atoms with Gasteiger partial charge in [-0.25, -0.2) is 5.48 Å². The van der Waals surface area contributed by atoms with Gasteiger partial charge in [0, 0.05) is 5.56 Å². The average molecular weight is 241 g/mol. The van der Waals surface area contributed by atoms with E-state index in [2.05, 4.69) is 10.6 Å². The van der Waals surface area contributed by atoms with Gasteiger partial charge >= 0.3 is 5.91 Å². The monoisotopic (exact) mass is 241 g/mol. The molecule has 1 heterocycles. The van der Waals surface area contributed by atoms with Crippen LogP contribution in [-0.2, 0) is 4.79 Å². The summed E-state index contributed by atoms with van der Waals surface area (Å²) in [6.45, 7) is 1.98. The van der Waals surface area contributed by atoms with Crippen molar-refractivity contribution in [1.82, 2.24) is 16.1 Å². The number of hydroxylamine groups is 1. The van der Waals surface area contributed by atoms with E-state index in [-0.39, 0.29) is 24.3 Å². The van der Waals surface area contributed by atoms with Crippen LogP contribution in [0.5, 0.6) is 0 Å². The molecule has 0 bridgehead atoms. The molecule has 7 heteroatoms. The van der Waals surface area contributed by atoms with Crippen LogP contribution in [-0.4, -0.2) is 30.6 Å². The number of likely N-dealkylation sites (N-methyl/N-ethyl adjacent to an activating group) is 1. The second kappa shape index (κ2) is 6.02. The van der Waals surface area contributed by atoms with Crippen LogP contribution < -0.4 is 16.1 Å². The maximum atomic E-state index is 11.3. The summed E-state index contributed by atoms with van der Waals surface area (Å²) in [6, 6.07) is 1.18. The lowest BCUT2D eigenvalue weighted by molar-refractivity contribution is -0.120. The first kappa shape index (κ1) is 13.2. The minimum atomic E-state index is -0.731. The number of rotatable bonds is 5. The van der Waals surface area contributed by atoms with Crippen LogP contribution in [0.3, 0.4) is 0 Å². The first-order chi connectivity index (χ1) is 8.08. The third-order valence-electron chi connectivity index (χ3n) is 2.16. The summed E-state index contributed by atoms with van der Waals surface area (Å²) < 4.78 is 4.94. The fraction of sp³-hybridized carbons (Fsp3) is 0.400. The summed E-state index contributed by atoms with van der Waals surface area (Å²) in [5, 5.41) is 13.8. The quantitative estimate of drug-likeness (QED) is 0.422. The van der Waals surface area contributed by atoms with Crippen molar-refractivity contribution >= 4 is 11.8 Å². The van der Waals surface area contributed by atoms with Crippen LogP contribution in [0.15, 0.2) is 16.7 Å². The molecule has 0 saturated carbocycles. The SMILES string of the molecule is CNCC(=O)NC(C)c1coc(C(=O)NO)c1. The van der Waals surface area contributed by atoms with Crippen LogP contribution in [0.25, 0.3) is 0 Å². The molecule has 0 aliphatic carbocycles. The van der Waals surface area contributed by atoms with E-state index >= 15 is 0 Å². The Morgan fingerprint density at radius 3 is 2.82 bits per heavy atom. The number of amides is 2. The number of hydrogen-bond donors (Lipinski definition) is 4. The van der Waals surface area contributed by atoms with E-state index in [4.69, 9.17) is 9.62 Å². The zero-order valence-electron chi connectivity index (χ0n) is 9.61. The lowest BCUT2D eigenvalue weighted by Gasteiger charge is -2.11. The first-order valence-electron chi connectivity index (χ1n) is 5.05. The normalized spacial score (nSPS) is 11.9. The maximum Gasteiger partial charge on any atom is 0.310 e. The maximum absolute atomic E-state index is 11.3. The molecule has 1 rings (SSSR count). The molecular weight excluding hydrogens is 226 g/mol. The van der Waals surface area contributed by atoms with E-state index in [9.17, 15) is 9.59 Å². The Hall–Kier alpha value is -1.86. The lowest BCUT2D eigenvalue weighted by Crippen LogP contribution is -2.33. The van der Waals surface area contributed by atoms with Crippen LogP contribution in [0.4, 0.5) is 0 Å². The Morgan fingerprint density at radius 1 is 1.53 bits per heavy atom. The molecule has 1 aromatic heterocycles. The molecule has 0 spiro atoms. The molecule has 1 unspecified atom stereocenters. The molecule has 0 aromatic carbocycles. The van der Waals surface area contributed by atoms with Gasteiger partial charge in [0.05, 0.1) is 18.8 Å². The van der Waals surface area contributed by atoms with Gasteiger partial charge < -0.3 is 15.1 Å². The van der Waals surface area contributed by atoms with Gasteiger partial charge in [0.25, 0.3) is 0 Å². The Balaban J connectivity index is 2.63. The van der Waals surface area contributed by atoms with E-state index in [1.165, 1.54) is 17.8 Å². The summed E-state index contributed by atoms with van der Waals surface area (Å²) in [4.78, 5) is 22.3. The standard InChI is InChI=1S/C10H15N3O4/c1-6(12-9(14)4-11-2)7-3-8(17-5-7)10(15)13-16/h3,5-6,11,16H,4H2,1-2H3,(H,12,14)(H,13,15). The predicted molar refractivity (Wildman–Crippen MR) is 58.4 cm³/mol. The summed E-state index contributed by atoms with van der Waals surface area (Å²) >= 11 is 0. The molecular formula is C10H15N3O4. The van der Waals surface area contributed by atoms with E-state index in [0.717, 1.165) is 0 Å². The van der Waals surface area contributed by atoms with Gasteiger partial charge in [-0.3, -0.25) is 14.8 Å². The van der Waals surface area contributed by atoms with Crippen LogP contribution in [0.1, 0.15) is 29.1 Å². The second-order valence-electron chi connectivity index (χ2n) is 3.50. The first-order valence-corrected chi connectivity index (χ1v) is 5.05. The highest BCUT2D eigenvalue weighted by Crippen LogP contribution is 2.15. The highest BCUT2D eigenvalue weighted by Gasteiger charge is 2.15. The number of carbonyl (C=O) groups is 2. The van der Waals surface area contributed by atoms with Gasteiger partial charge in [-0.15, -0.1) is 0 Å². The number of furan rings is 1. The highest BCUT2D eigenvalue weighted by atomic mass is 16.5. The van der Waals surface area contributed by atoms with E-state index < -0.39 is 5.91 Å². The second-order valence-corrected chi connectivity index (χ2v) is 3.50. The molecule has 0 fully saturated rings. The van der Waals surface area contributed by atoms with Crippen LogP contribution in [0.2, 0.25) is 0 Å². The van der Waals surface area contributed by atoms with Crippen molar-refractivity contribution in [2.24, 2.45) is 0 Å². The highest BCUT2D eigenvalue weighted by molar-refractivity contribution is 5.90. The Labute approximate surface area is 98.1 Å². The topological polar surface area (TPSA) is 104 Å². The van der Waals surface area contributed by atoms with Crippen molar-refractivity contribution < 1.29 is 19.2 Å². The molecule has 7 nitrogen and oxygen atoms in total. The summed E-state index contributed by atoms with van der Waals surface area (Å²) in [5.41, 5.74) is 2.11. The zero-order chi connectivity index (χ0) is 12.8. The van der Waals surface area contributed by atoms with E-state index in [1.807, 2.05) is 0 Å². The van der Waals surface area contributed by atoms with Crippen LogP contribution >= 0.6 is 0 Å². The molecule has 0 saturated heterocycles. The van der Waals surface area contributed by atoms with Crippen molar-refractivity contribution in [3.8, 4) is 0 Å². The molecule has 2 amide bonds. The Kier molecular flexibility index (Phi) is 4.68. The van der Waals surface area contributed by atoms with E-state index in [1.54, 1.807) is 14.0 Å². The summed E-state index contributed by atoms with van der Waals surface area (Å²) in [6.07, 6.45) is 1.36. The Morgan fingerprint density at radius 2 is 2.24 bits per heavy atom. The third kappa shape index (κ3) is 3.58. The molecule has 0 radical (unpaired) electrons. The lowest BCUT2D eigenvalue weighted by atomic mass is 10.1. The molecule has 0 aliphatic heterocycles. The predicted octanol–water partition coefficient (Wildman–Crippen LogP) is -0.205. The molecule has 17 heavy (non-hydrogen) atoms. The molecule has 0 aliphatic rings. The van der Waals surface area contributed by atoms with Crippen molar-refractivity contribution in [2.45, 2.75) is 13.0 Å². The van der Waals surface area contributed by atoms with Gasteiger partial charge in [0.15, 0.2) is 5.76 Å². The van der Waals surface area contributed by atoms with Crippen molar-refractivity contribution in [3.63, 3.8) is 0 Å². The van der Waals surface area contributed by atoms with Crippen molar-refractivity contribution in [3.05, 3.63) is 23.7 Å². The molecule has 1 aromatic rings. The fourth-order valence-corrected chi connectivity index (χ4v) is 1.29. The summed E-state index contributed by atoms with van der Waals surface area (Å²) in [7, 11) is 1.67. The number of nitrogens with one attached hydrogen (secondary N) is 3. The molecule has 94 valence electrons. The smallest absolute Gasteiger partial charge is 0.310 e. The molecule has 1 atom stereocenters. The van der Waals surface area contributed by atoms with Gasteiger partial charge in [0.1, 0.15) is 0 Å². The van der Waals surface area contributed by atoms with Gasteiger partial charge in [-0.05, 0) is 20.0 Å². The summed E-state index contributed by atoms with van der Waals surface area (Å²) in [5.74, 6) is -0.906. The third-order valence-corrected chi connectivity index (χ3v) is 2.16. The van der Waals surface area contributed by atoms with E-state index in [0.29, 0.717) is 5.56 Å². The fourth-order valence-electron chi connectivity index (χ4n) is 1.29. The number of carbonyl (C=O) groups excluding carboxylic acids is 2. The van der Waals surface area contributed by atoms with Gasteiger partial charge in [-0.1, -0.05) is 0 Å². The largest absolute Gasteiger partial charge is 0.459 e. The number of hydrogen-bond acceptors (Lipinski definition) is 5. The Bertz CT molecular complexity index is 402. The minimum Gasteiger partial charge on any atom is -0.459 e. The zero-order valence-corrected chi connectivity index (χ0v) is 9.61. The average Bonchev–Trinajstić information content (AvgIpc) is 2.77.